The van der Waals surface area contributed by atoms with E-state index in [4.69, 9.17) is 4.74 Å². The Labute approximate surface area is 102 Å². The van der Waals surface area contributed by atoms with Gasteiger partial charge in [-0.05, 0) is 37.8 Å². The van der Waals surface area contributed by atoms with Crippen LogP contribution in [0.15, 0.2) is 17.0 Å². The Kier molecular flexibility index (Phi) is 3.77. The van der Waals surface area contributed by atoms with Crippen molar-refractivity contribution in [3.63, 3.8) is 0 Å². The number of thioether (sulfide) groups is 1. The minimum atomic E-state index is 0.609. The highest BCUT2D eigenvalue weighted by Crippen LogP contribution is 2.39. The third kappa shape index (κ3) is 2.06. The molecule has 0 spiro atoms. The van der Waals surface area contributed by atoms with E-state index < -0.39 is 0 Å². The van der Waals surface area contributed by atoms with Crippen molar-refractivity contribution in [3.05, 3.63) is 23.3 Å². The first-order valence-corrected chi connectivity index (χ1v) is 6.92. The van der Waals surface area contributed by atoms with Crippen LogP contribution >= 0.6 is 11.8 Å². The molecule has 0 radical (unpaired) electrons. The van der Waals surface area contributed by atoms with E-state index in [9.17, 15) is 0 Å². The number of aryl methyl sites for hydroxylation is 1. The second kappa shape index (κ2) is 5.11. The molecule has 0 aromatic heterocycles. The summed E-state index contributed by atoms with van der Waals surface area (Å²) in [4.78, 5) is 1.36. The molecular weight excluding hydrogens is 218 g/mol. The summed E-state index contributed by atoms with van der Waals surface area (Å²) < 4.78 is 5.59. The normalized spacial score (nSPS) is 20.1. The van der Waals surface area contributed by atoms with Gasteiger partial charge >= 0.3 is 0 Å². The molecule has 1 aliphatic heterocycles. The van der Waals surface area contributed by atoms with Gasteiger partial charge in [0.1, 0.15) is 5.75 Å². The fourth-order valence-electron chi connectivity index (χ4n) is 2.43. The summed E-state index contributed by atoms with van der Waals surface area (Å²) >= 11 is 1.81. The smallest absolute Gasteiger partial charge is 0.126 e. The summed E-state index contributed by atoms with van der Waals surface area (Å²) in [6.45, 7) is 4.32. The number of ether oxygens (including phenoxy) is 1. The van der Waals surface area contributed by atoms with Crippen LogP contribution in [0.5, 0.6) is 5.75 Å². The molecule has 1 N–H and O–H groups in total. The molecule has 3 heteroatoms. The van der Waals surface area contributed by atoms with E-state index in [0.29, 0.717) is 5.92 Å². The van der Waals surface area contributed by atoms with Crippen molar-refractivity contribution in [2.24, 2.45) is 0 Å². The third-order valence-electron chi connectivity index (χ3n) is 3.25. The molecule has 0 saturated carbocycles. The quantitative estimate of drug-likeness (QED) is 0.817. The SMILES string of the molecule is COc1c(C)ccc(SC)c1C1CCNC1. The van der Waals surface area contributed by atoms with Crippen molar-refractivity contribution in [2.75, 3.05) is 26.5 Å². The largest absolute Gasteiger partial charge is 0.496 e. The first kappa shape index (κ1) is 11.8. The Morgan fingerprint density at radius 3 is 2.81 bits per heavy atom. The minimum absolute atomic E-state index is 0.609. The van der Waals surface area contributed by atoms with Gasteiger partial charge in [0.15, 0.2) is 0 Å². The molecule has 1 fully saturated rings. The lowest BCUT2D eigenvalue weighted by molar-refractivity contribution is 0.401. The van der Waals surface area contributed by atoms with Crippen molar-refractivity contribution in [2.45, 2.75) is 24.2 Å². The average Bonchev–Trinajstić information content (AvgIpc) is 2.81. The van der Waals surface area contributed by atoms with E-state index in [2.05, 4.69) is 30.6 Å². The summed E-state index contributed by atoms with van der Waals surface area (Å²) in [6.07, 6.45) is 3.35. The van der Waals surface area contributed by atoms with E-state index in [-0.39, 0.29) is 0 Å². The highest BCUT2D eigenvalue weighted by Gasteiger charge is 2.24. The molecule has 1 aromatic rings. The third-order valence-corrected chi connectivity index (χ3v) is 4.04. The second-order valence-corrected chi connectivity index (χ2v) is 5.07. The highest BCUT2D eigenvalue weighted by atomic mass is 32.2. The van der Waals surface area contributed by atoms with Gasteiger partial charge in [0, 0.05) is 22.9 Å². The molecular formula is C13H19NOS. The fraction of sp³-hybridized carbons (Fsp3) is 0.538. The molecule has 1 atom stereocenters. The van der Waals surface area contributed by atoms with Crippen molar-refractivity contribution in [1.29, 1.82) is 0 Å². The van der Waals surface area contributed by atoms with E-state index in [1.807, 2.05) is 11.8 Å². The number of hydrogen-bond acceptors (Lipinski definition) is 3. The summed E-state index contributed by atoms with van der Waals surface area (Å²) in [6, 6.07) is 4.37. The highest BCUT2D eigenvalue weighted by molar-refractivity contribution is 7.98. The molecule has 1 saturated heterocycles. The fourth-order valence-corrected chi connectivity index (χ4v) is 3.11. The van der Waals surface area contributed by atoms with Crippen molar-refractivity contribution in [1.82, 2.24) is 5.32 Å². The van der Waals surface area contributed by atoms with Crippen molar-refractivity contribution < 1.29 is 4.74 Å². The molecule has 1 aromatic carbocycles. The number of nitrogens with one attached hydrogen (secondary N) is 1. The van der Waals surface area contributed by atoms with Gasteiger partial charge in [-0.15, -0.1) is 11.8 Å². The maximum absolute atomic E-state index is 5.59. The molecule has 0 aliphatic carbocycles. The number of benzene rings is 1. The Morgan fingerprint density at radius 2 is 2.25 bits per heavy atom. The summed E-state index contributed by atoms with van der Waals surface area (Å²) in [5.41, 5.74) is 2.64. The topological polar surface area (TPSA) is 21.3 Å². The molecule has 1 unspecified atom stereocenters. The van der Waals surface area contributed by atoms with Crippen LogP contribution in [0.4, 0.5) is 0 Å². The van der Waals surface area contributed by atoms with Gasteiger partial charge in [-0.1, -0.05) is 6.07 Å². The van der Waals surface area contributed by atoms with Crippen LogP contribution in [-0.2, 0) is 0 Å². The van der Waals surface area contributed by atoms with Gasteiger partial charge in [-0.25, -0.2) is 0 Å². The van der Waals surface area contributed by atoms with Gasteiger partial charge < -0.3 is 10.1 Å². The molecule has 0 bridgehead atoms. The van der Waals surface area contributed by atoms with Gasteiger partial charge in [-0.2, -0.15) is 0 Å². The predicted octanol–water partition coefficient (Wildman–Crippen LogP) is 2.80. The first-order chi connectivity index (χ1) is 7.77. The standard InChI is InChI=1S/C13H19NOS/c1-9-4-5-11(16-3)12(13(9)15-2)10-6-7-14-8-10/h4-5,10,14H,6-8H2,1-3H3. The summed E-state index contributed by atoms with van der Waals surface area (Å²) in [5.74, 6) is 1.69. The van der Waals surface area contributed by atoms with Gasteiger partial charge in [0.2, 0.25) is 0 Å². The van der Waals surface area contributed by atoms with Crippen LogP contribution in [0.3, 0.4) is 0 Å². The number of hydrogen-bond donors (Lipinski definition) is 1. The van der Waals surface area contributed by atoms with Crippen molar-refractivity contribution in [3.8, 4) is 5.75 Å². The zero-order valence-electron chi connectivity index (χ0n) is 10.2. The summed E-state index contributed by atoms with van der Waals surface area (Å²) in [7, 11) is 1.78. The van der Waals surface area contributed by atoms with E-state index in [0.717, 1.165) is 18.8 Å². The zero-order chi connectivity index (χ0) is 11.5. The second-order valence-electron chi connectivity index (χ2n) is 4.22. The Balaban J connectivity index is 2.48. The lowest BCUT2D eigenvalue weighted by atomic mass is 9.95. The van der Waals surface area contributed by atoms with E-state index in [1.54, 1.807) is 7.11 Å². The number of methoxy groups -OCH3 is 1. The predicted molar refractivity (Wildman–Crippen MR) is 69.7 cm³/mol. The van der Waals surface area contributed by atoms with E-state index in [1.165, 1.54) is 22.4 Å². The first-order valence-electron chi connectivity index (χ1n) is 5.70. The Bertz CT molecular complexity index is 372. The van der Waals surface area contributed by atoms with Crippen molar-refractivity contribution >= 4 is 11.8 Å². The molecule has 88 valence electrons. The molecule has 0 amide bonds. The minimum Gasteiger partial charge on any atom is -0.496 e. The zero-order valence-corrected chi connectivity index (χ0v) is 11.0. The maximum Gasteiger partial charge on any atom is 0.126 e. The van der Waals surface area contributed by atoms with Gasteiger partial charge in [0.25, 0.3) is 0 Å². The molecule has 2 nitrogen and oxygen atoms in total. The lowest BCUT2D eigenvalue weighted by Gasteiger charge is -2.19. The van der Waals surface area contributed by atoms with Crippen LogP contribution in [0.1, 0.15) is 23.5 Å². The van der Waals surface area contributed by atoms with Crippen LogP contribution in [0, 0.1) is 6.92 Å². The van der Waals surface area contributed by atoms with Crippen LogP contribution in [-0.4, -0.2) is 26.5 Å². The molecule has 1 aliphatic rings. The van der Waals surface area contributed by atoms with E-state index >= 15 is 0 Å². The Morgan fingerprint density at radius 1 is 1.44 bits per heavy atom. The molecule has 1 heterocycles. The monoisotopic (exact) mass is 237 g/mol. The molecule has 16 heavy (non-hydrogen) atoms. The van der Waals surface area contributed by atoms with Crippen LogP contribution in [0.2, 0.25) is 0 Å². The van der Waals surface area contributed by atoms with Crippen LogP contribution in [0.25, 0.3) is 0 Å². The molecule has 2 rings (SSSR count). The maximum atomic E-state index is 5.59. The number of rotatable bonds is 3. The summed E-state index contributed by atoms with van der Waals surface area (Å²) in [5, 5.41) is 3.43. The van der Waals surface area contributed by atoms with Gasteiger partial charge in [-0.3, -0.25) is 0 Å². The van der Waals surface area contributed by atoms with Crippen LogP contribution < -0.4 is 10.1 Å². The van der Waals surface area contributed by atoms with Gasteiger partial charge in [0.05, 0.1) is 7.11 Å². The average molecular weight is 237 g/mol. The lowest BCUT2D eigenvalue weighted by Crippen LogP contribution is -2.10. The Hall–Kier alpha value is -0.670.